The van der Waals surface area contributed by atoms with Gasteiger partial charge in [-0.05, 0) is 36.7 Å². The highest BCUT2D eigenvalue weighted by Gasteiger charge is 2.44. The lowest BCUT2D eigenvalue weighted by Gasteiger charge is -2.31. The average Bonchev–Trinajstić information content (AvgIpc) is 3.18. The van der Waals surface area contributed by atoms with E-state index in [9.17, 15) is 4.79 Å². The summed E-state index contributed by atoms with van der Waals surface area (Å²) in [7, 11) is 0. The summed E-state index contributed by atoms with van der Waals surface area (Å²) in [4.78, 5) is 12.1. The monoisotopic (exact) mass is 266 g/mol. The molecule has 0 aliphatic heterocycles. The number of nitrogens with zero attached hydrogens (tertiary/aromatic N) is 1. The van der Waals surface area contributed by atoms with Gasteiger partial charge in [-0.3, -0.25) is 4.79 Å². The molecule has 3 nitrogen and oxygen atoms in total. The number of nitrogens with one attached hydrogen (secondary N) is 1. The molecule has 0 spiro atoms. The number of hydrogen-bond acceptors (Lipinski definition) is 2. The molecule has 1 aromatic carbocycles. The quantitative estimate of drug-likeness (QED) is 0.663. The fraction of sp³-hybridized carbons (Fsp3) is 0.412. The first-order valence-electron chi connectivity index (χ1n) is 7.41. The van der Waals surface area contributed by atoms with Crippen LogP contribution >= 0.6 is 0 Å². The number of carbonyl (C=O) groups excluding carboxylic acids is 1. The standard InChI is InChI=1S/C17H18N2O/c20-17(15-10-14(15)11-5-2-1-3-6-11)19-18-16-9-12-7-4-8-13(12)16/h1-7,12-15H,8-10H2,(H,19,20)/b18-16+/t12-,13+,14+,15+/m1/s1. The maximum atomic E-state index is 12.1. The Bertz CT molecular complexity index is 590. The number of allylic oxidation sites excluding steroid dienone is 2. The van der Waals surface area contributed by atoms with Crippen LogP contribution in [-0.4, -0.2) is 11.6 Å². The summed E-state index contributed by atoms with van der Waals surface area (Å²) in [5.41, 5.74) is 5.22. The highest BCUT2D eigenvalue weighted by Crippen LogP contribution is 2.47. The molecule has 4 atom stereocenters. The minimum Gasteiger partial charge on any atom is -0.273 e. The molecule has 0 saturated heterocycles. The smallest absolute Gasteiger partial charge is 0.243 e. The van der Waals surface area contributed by atoms with Gasteiger partial charge in [-0.25, -0.2) is 5.43 Å². The van der Waals surface area contributed by atoms with Crippen LogP contribution in [0.2, 0.25) is 0 Å². The summed E-state index contributed by atoms with van der Waals surface area (Å²) in [5.74, 6) is 1.84. The van der Waals surface area contributed by atoms with Gasteiger partial charge in [0, 0.05) is 17.5 Å². The summed E-state index contributed by atoms with van der Waals surface area (Å²) < 4.78 is 0. The predicted octanol–water partition coefficient (Wildman–Crippen LogP) is 2.86. The Morgan fingerprint density at radius 1 is 1.20 bits per heavy atom. The largest absolute Gasteiger partial charge is 0.273 e. The molecule has 3 aliphatic carbocycles. The maximum absolute atomic E-state index is 12.1. The molecule has 3 heteroatoms. The van der Waals surface area contributed by atoms with Gasteiger partial charge in [0.1, 0.15) is 0 Å². The number of carbonyl (C=O) groups is 1. The molecule has 0 bridgehead atoms. The first kappa shape index (κ1) is 11.9. The summed E-state index contributed by atoms with van der Waals surface area (Å²) in [6.07, 6.45) is 7.57. The molecule has 0 aromatic heterocycles. The fourth-order valence-electron chi connectivity index (χ4n) is 3.43. The Morgan fingerprint density at radius 2 is 2.05 bits per heavy atom. The lowest BCUT2D eigenvalue weighted by atomic mass is 9.74. The molecule has 102 valence electrons. The minimum absolute atomic E-state index is 0.0840. The van der Waals surface area contributed by atoms with Crippen LogP contribution in [0.25, 0.3) is 0 Å². The number of hydrogen-bond donors (Lipinski definition) is 1. The minimum atomic E-state index is 0.0840. The van der Waals surface area contributed by atoms with E-state index < -0.39 is 0 Å². The highest BCUT2D eigenvalue weighted by atomic mass is 16.2. The molecule has 20 heavy (non-hydrogen) atoms. The first-order valence-corrected chi connectivity index (χ1v) is 7.41. The summed E-state index contributed by atoms with van der Waals surface area (Å²) in [5, 5.41) is 4.34. The van der Waals surface area contributed by atoms with Gasteiger partial charge in [-0.15, -0.1) is 0 Å². The zero-order valence-corrected chi connectivity index (χ0v) is 11.3. The van der Waals surface area contributed by atoms with Crippen LogP contribution in [0.4, 0.5) is 0 Å². The normalized spacial score (nSPS) is 35.5. The Labute approximate surface area is 118 Å². The van der Waals surface area contributed by atoms with E-state index in [1.807, 2.05) is 18.2 Å². The third-order valence-electron chi connectivity index (χ3n) is 4.83. The van der Waals surface area contributed by atoms with Gasteiger partial charge >= 0.3 is 0 Å². The number of benzene rings is 1. The second kappa shape index (κ2) is 4.58. The van der Waals surface area contributed by atoms with Crippen LogP contribution in [0.1, 0.15) is 30.7 Å². The Hall–Kier alpha value is -1.90. The molecule has 2 saturated carbocycles. The number of fused-ring (bicyclic) bond motifs is 1. The van der Waals surface area contributed by atoms with E-state index in [1.54, 1.807) is 0 Å². The molecular formula is C17H18N2O. The zero-order chi connectivity index (χ0) is 13.5. The number of rotatable bonds is 3. The predicted molar refractivity (Wildman–Crippen MR) is 78.2 cm³/mol. The van der Waals surface area contributed by atoms with Crippen LogP contribution in [0.15, 0.2) is 47.6 Å². The van der Waals surface area contributed by atoms with E-state index in [4.69, 9.17) is 0 Å². The number of amides is 1. The molecule has 2 fully saturated rings. The van der Waals surface area contributed by atoms with E-state index in [0.717, 1.165) is 19.3 Å². The SMILES string of the molecule is O=C(N/N=C1\C[C@H]2C=CC[C@H]12)[C@H]1C[C@H]1c1ccccc1. The van der Waals surface area contributed by atoms with E-state index in [-0.39, 0.29) is 11.8 Å². The van der Waals surface area contributed by atoms with Crippen LogP contribution < -0.4 is 5.43 Å². The third kappa shape index (κ3) is 1.98. The average molecular weight is 266 g/mol. The van der Waals surface area contributed by atoms with E-state index >= 15 is 0 Å². The molecular weight excluding hydrogens is 248 g/mol. The molecule has 1 amide bonds. The molecule has 0 unspecified atom stereocenters. The first-order chi connectivity index (χ1) is 9.83. The van der Waals surface area contributed by atoms with Crippen molar-refractivity contribution in [2.75, 3.05) is 0 Å². The van der Waals surface area contributed by atoms with Crippen molar-refractivity contribution in [2.45, 2.75) is 25.2 Å². The Morgan fingerprint density at radius 3 is 2.85 bits per heavy atom. The van der Waals surface area contributed by atoms with Gasteiger partial charge in [0.25, 0.3) is 0 Å². The number of hydrazone groups is 1. The van der Waals surface area contributed by atoms with Gasteiger partial charge in [-0.2, -0.15) is 5.10 Å². The third-order valence-corrected chi connectivity index (χ3v) is 4.83. The van der Waals surface area contributed by atoms with Crippen molar-refractivity contribution in [3.05, 3.63) is 48.0 Å². The van der Waals surface area contributed by atoms with Crippen LogP contribution in [-0.2, 0) is 4.79 Å². The van der Waals surface area contributed by atoms with Crippen molar-refractivity contribution in [3.8, 4) is 0 Å². The molecule has 0 radical (unpaired) electrons. The molecule has 0 heterocycles. The Balaban J connectivity index is 1.33. The van der Waals surface area contributed by atoms with E-state index in [0.29, 0.717) is 17.8 Å². The second-order valence-corrected chi connectivity index (χ2v) is 6.08. The summed E-state index contributed by atoms with van der Waals surface area (Å²) in [6.45, 7) is 0. The maximum Gasteiger partial charge on any atom is 0.243 e. The summed E-state index contributed by atoms with van der Waals surface area (Å²) >= 11 is 0. The molecule has 1 aromatic rings. The van der Waals surface area contributed by atoms with Crippen molar-refractivity contribution < 1.29 is 4.79 Å². The van der Waals surface area contributed by atoms with Crippen molar-refractivity contribution in [1.82, 2.24) is 5.43 Å². The lowest BCUT2D eigenvalue weighted by molar-refractivity contribution is -0.122. The van der Waals surface area contributed by atoms with E-state index in [1.165, 1.54) is 11.3 Å². The van der Waals surface area contributed by atoms with Gasteiger partial charge < -0.3 is 0 Å². The van der Waals surface area contributed by atoms with Crippen LogP contribution in [0.3, 0.4) is 0 Å². The summed E-state index contributed by atoms with van der Waals surface area (Å²) in [6, 6.07) is 10.3. The topological polar surface area (TPSA) is 41.5 Å². The van der Waals surface area contributed by atoms with Crippen molar-refractivity contribution in [3.63, 3.8) is 0 Å². The highest BCUT2D eigenvalue weighted by molar-refractivity contribution is 5.95. The van der Waals surface area contributed by atoms with Gasteiger partial charge in [0.15, 0.2) is 0 Å². The molecule has 3 aliphatic rings. The van der Waals surface area contributed by atoms with Crippen molar-refractivity contribution in [1.29, 1.82) is 0 Å². The second-order valence-electron chi connectivity index (χ2n) is 6.08. The van der Waals surface area contributed by atoms with Gasteiger partial charge in [0.2, 0.25) is 5.91 Å². The fourth-order valence-corrected chi connectivity index (χ4v) is 3.43. The Kier molecular flexibility index (Phi) is 2.72. The van der Waals surface area contributed by atoms with E-state index in [2.05, 4.69) is 34.8 Å². The van der Waals surface area contributed by atoms with Gasteiger partial charge in [-0.1, -0.05) is 42.5 Å². The van der Waals surface area contributed by atoms with Crippen molar-refractivity contribution >= 4 is 11.6 Å². The zero-order valence-electron chi connectivity index (χ0n) is 11.3. The van der Waals surface area contributed by atoms with Crippen LogP contribution in [0.5, 0.6) is 0 Å². The van der Waals surface area contributed by atoms with Crippen LogP contribution in [0, 0.1) is 17.8 Å². The lowest BCUT2D eigenvalue weighted by Crippen LogP contribution is -2.35. The molecule has 4 rings (SSSR count). The molecule has 1 N–H and O–H groups in total. The van der Waals surface area contributed by atoms with Crippen molar-refractivity contribution in [2.24, 2.45) is 22.9 Å². The van der Waals surface area contributed by atoms with Gasteiger partial charge in [0.05, 0.1) is 0 Å².